The maximum absolute atomic E-state index is 5.06. The molecule has 10 rings (SSSR count). The molecule has 55 heavy (non-hydrogen) atoms. The van der Waals surface area contributed by atoms with Crippen LogP contribution in [0.2, 0.25) is 0 Å². The molecule has 1 aromatic heterocycles. The van der Waals surface area contributed by atoms with Gasteiger partial charge in [0.15, 0.2) is 5.84 Å². The Morgan fingerprint density at radius 2 is 0.909 bits per heavy atom. The molecule has 1 atom stereocenters. The van der Waals surface area contributed by atoms with Crippen molar-refractivity contribution < 1.29 is 0 Å². The third-order valence-corrected chi connectivity index (χ3v) is 11.6. The van der Waals surface area contributed by atoms with Gasteiger partial charge in [0.2, 0.25) is 0 Å². The molecule has 1 aliphatic heterocycles. The molecule has 0 bridgehead atoms. The van der Waals surface area contributed by atoms with Crippen LogP contribution in [0.25, 0.3) is 64.7 Å². The summed E-state index contributed by atoms with van der Waals surface area (Å²) in [6.45, 7) is 0. The first-order valence-electron chi connectivity index (χ1n) is 18.6. The number of rotatable bonds is 7. The number of amidine groups is 2. The summed E-state index contributed by atoms with van der Waals surface area (Å²) in [7, 11) is 0. The molecular weight excluding hydrogens is 687 g/mol. The van der Waals surface area contributed by atoms with Crippen molar-refractivity contribution in [3.63, 3.8) is 0 Å². The summed E-state index contributed by atoms with van der Waals surface area (Å²) in [4.78, 5) is 10.1. The Hall–Kier alpha value is -6.88. The number of hydrogen-bond donors (Lipinski definition) is 1. The summed E-state index contributed by atoms with van der Waals surface area (Å²) >= 11 is 1.90. The molecule has 0 fully saturated rings. The highest BCUT2D eigenvalue weighted by molar-refractivity contribution is 7.27. The first-order chi connectivity index (χ1) is 27.3. The first-order valence-corrected chi connectivity index (χ1v) is 19.4. The van der Waals surface area contributed by atoms with Crippen molar-refractivity contribution in [1.29, 1.82) is 0 Å². The standard InChI is InChI=1S/C51H35N3S/c1-6-16-34(17-7-1)41-32-44(36-20-10-3-11-21-36)47-45(33-41)46-42(30-31-43(48(46)55-47)35-18-8-2-9-19-35)37-26-28-40(29-27-37)51-53-49(38-22-12-4-13-23-38)52-50(54-51)39-24-14-5-15-25-39/h1-33,49H,(H,52,53,54). The van der Waals surface area contributed by atoms with Crippen LogP contribution in [-0.4, -0.2) is 11.7 Å². The van der Waals surface area contributed by atoms with Gasteiger partial charge in [-0.3, -0.25) is 0 Å². The van der Waals surface area contributed by atoms with Gasteiger partial charge in [-0.1, -0.05) is 188 Å². The zero-order valence-corrected chi connectivity index (χ0v) is 30.7. The lowest BCUT2D eigenvalue weighted by Gasteiger charge is -2.23. The molecular formula is C51H35N3S. The molecule has 4 heteroatoms. The van der Waals surface area contributed by atoms with Crippen molar-refractivity contribution in [3.8, 4) is 44.5 Å². The number of benzene rings is 8. The van der Waals surface area contributed by atoms with Gasteiger partial charge in [-0.15, -0.1) is 11.3 Å². The lowest BCUT2D eigenvalue weighted by Crippen LogP contribution is -2.33. The zero-order valence-electron chi connectivity index (χ0n) is 29.9. The molecule has 260 valence electrons. The molecule has 0 spiro atoms. The van der Waals surface area contributed by atoms with E-state index in [0.29, 0.717) is 0 Å². The first kappa shape index (κ1) is 32.7. The predicted molar refractivity (Wildman–Crippen MR) is 233 cm³/mol. The topological polar surface area (TPSA) is 36.8 Å². The van der Waals surface area contributed by atoms with E-state index in [1.165, 1.54) is 59.1 Å². The Kier molecular flexibility index (Phi) is 8.43. The number of fused-ring (bicyclic) bond motifs is 3. The van der Waals surface area contributed by atoms with Crippen molar-refractivity contribution in [2.24, 2.45) is 9.98 Å². The molecule has 2 heterocycles. The lowest BCUT2D eigenvalue weighted by atomic mass is 9.91. The molecule has 9 aromatic rings. The van der Waals surface area contributed by atoms with E-state index in [1.54, 1.807) is 0 Å². The van der Waals surface area contributed by atoms with Crippen LogP contribution in [0.1, 0.15) is 22.9 Å². The minimum absolute atomic E-state index is 0.247. The summed E-state index contributed by atoms with van der Waals surface area (Å²) in [5.74, 6) is 1.53. The Balaban J connectivity index is 1.15. The average molecular weight is 722 g/mol. The van der Waals surface area contributed by atoms with Crippen molar-refractivity contribution >= 4 is 43.2 Å². The minimum Gasteiger partial charge on any atom is -0.344 e. The van der Waals surface area contributed by atoms with E-state index in [2.05, 4.69) is 181 Å². The molecule has 0 aliphatic carbocycles. The smallest absolute Gasteiger partial charge is 0.159 e. The molecule has 1 N–H and O–H groups in total. The van der Waals surface area contributed by atoms with Gasteiger partial charge in [-0.2, -0.15) is 0 Å². The molecule has 8 aromatic carbocycles. The zero-order chi connectivity index (χ0) is 36.6. The van der Waals surface area contributed by atoms with Crippen LogP contribution in [0.5, 0.6) is 0 Å². The van der Waals surface area contributed by atoms with Crippen LogP contribution in [0, 0.1) is 0 Å². The van der Waals surface area contributed by atoms with Gasteiger partial charge in [0.25, 0.3) is 0 Å². The summed E-state index contributed by atoms with van der Waals surface area (Å²) < 4.78 is 2.58. The van der Waals surface area contributed by atoms with E-state index < -0.39 is 0 Å². The average Bonchev–Trinajstić information content (AvgIpc) is 3.67. The van der Waals surface area contributed by atoms with Gasteiger partial charge in [-0.25, -0.2) is 9.98 Å². The fraction of sp³-hybridized carbons (Fsp3) is 0.0196. The van der Waals surface area contributed by atoms with Crippen molar-refractivity contribution in [2.75, 3.05) is 0 Å². The number of hydrogen-bond acceptors (Lipinski definition) is 4. The van der Waals surface area contributed by atoms with E-state index in [1.807, 2.05) is 35.6 Å². The van der Waals surface area contributed by atoms with E-state index >= 15 is 0 Å². The molecule has 1 unspecified atom stereocenters. The largest absolute Gasteiger partial charge is 0.344 e. The molecule has 0 saturated heterocycles. The number of nitrogens with one attached hydrogen (secondary N) is 1. The van der Waals surface area contributed by atoms with Gasteiger partial charge >= 0.3 is 0 Å². The van der Waals surface area contributed by atoms with E-state index in [-0.39, 0.29) is 6.17 Å². The fourth-order valence-electron chi connectivity index (χ4n) is 7.62. The Morgan fingerprint density at radius 1 is 0.400 bits per heavy atom. The molecule has 0 radical (unpaired) electrons. The second-order valence-corrected chi connectivity index (χ2v) is 14.8. The Morgan fingerprint density at radius 3 is 1.55 bits per heavy atom. The lowest BCUT2D eigenvalue weighted by molar-refractivity contribution is 0.674. The quantitative estimate of drug-likeness (QED) is 0.175. The van der Waals surface area contributed by atoms with E-state index in [4.69, 9.17) is 9.98 Å². The van der Waals surface area contributed by atoms with Crippen LogP contribution in [0.15, 0.2) is 210 Å². The summed E-state index contributed by atoms with van der Waals surface area (Å²) in [6.07, 6.45) is -0.247. The van der Waals surface area contributed by atoms with E-state index in [9.17, 15) is 0 Å². The second-order valence-electron chi connectivity index (χ2n) is 13.8. The Labute approximate surface area is 324 Å². The van der Waals surface area contributed by atoms with Crippen molar-refractivity contribution in [1.82, 2.24) is 5.32 Å². The summed E-state index contributed by atoms with van der Waals surface area (Å²) in [5.41, 5.74) is 12.8. The number of thiophene rings is 1. The van der Waals surface area contributed by atoms with Crippen LogP contribution in [0.4, 0.5) is 0 Å². The third kappa shape index (κ3) is 6.23. The number of nitrogens with zero attached hydrogens (tertiary/aromatic N) is 2. The van der Waals surface area contributed by atoms with Gasteiger partial charge in [0, 0.05) is 36.9 Å². The maximum atomic E-state index is 5.06. The third-order valence-electron chi connectivity index (χ3n) is 10.4. The van der Waals surface area contributed by atoms with Gasteiger partial charge < -0.3 is 5.32 Å². The second kappa shape index (κ2) is 14.2. The molecule has 3 nitrogen and oxygen atoms in total. The number of aliphatic imine (C=N–C) groups is 2. The molecule has 1 aliphatic rings. The molecule has 0 saturated carbocycles. The van der Waals surface area contributed by atoms with Gasteiger partial charge in [-0.05, 0) is 56.6 Å². The van der Waals surface area contributed by atoms with Crippen LogP contribution in [0.3, 0.4) is 0 Å². The van der Waals surface area contributed by atoms with Gasteiger partial charge in [0.1, 0.15) is 12.0 Å². The highest BCUT2D eigenvalue weighted by Gasteiger charge is 2.22. The van der Waals surface area contributed by atoms with Gasteiger partial charge in [0.05, 0.1) is 0 Å². The predicted octanol–water partition coefficient (Wildman–Crippen LogP) is 13.2. The monoisotopic (exact) mass is 721 g/mol. The summed E-state index contributed by atoms with van der Waals surface area (Å²) in [5, 5.41) is 6.17. The van der Waals surface area contributed by atoms with E-state index in [0.717, 1.165) is 33.9 Å². The van der Waals surface area contributed by atoms with Crippen LogP contribution < -0.4 is 5.32 Å². The van der Waals surface area contributed by atoms with Crippen LogP contribution >= 0.6 is 11.3 Å². The maximum Gasteiger partial charge on any atom is 0.159 e. The van der Waals surface area contributed by atoms with Crippen molar-refractivity contribution in [3.05, 3.63) is 217 Å². The highest BCUT2D eigenvalue weighted by atomic mass is 32.1. The summed E-state index contributed by atoms with van der Waals surface area (Å²) in [6, 6.07) is 71.1. The fourth-order valence-corrected chi connectivity index (χ4v) is 9.00. The normalized spacial score (nSPS) is 14.0. The highest BCUT2D eigenvalue weighted by Crippen LogP contribution is 2.49. The van der Waals surface area contributed by atoms with Crippen molar-refractivity contribution in [2.45, 2.75) is 6.17 Å². The molecule has 0 amide bonds. The SMILES string of the molecule is c1ccc(C2=NC(c3ccccc3)NC(c3ccc(-c4ccc(-c5ccccc5)c5sc6c(-c7ccccc7)cc(-c7ccccc7)cc6c45)cc3)=N2)cc1. The van der Waals surface area contributed by atoms with Crippen LogP contribution in [-0.2, 0) is 0 Å². The Bertz CT molecular complexity index is 2850. The minimum atomic E-state index is -0.247.